The quantitative estimate of drug-likeness (QED) is 0.924. The maximum atomic E-state index is 12.1. The Morgan fingerprint density at radius 2 is 1.70 bits per heavy atom. The van der Waals surface area contributed by atoms with Crippen LogP contribution < -0.4 is 10.1 Å². The molecule has 1 atom stereocenters. The van der Waals surface area contributed by atoms with Gasteiger partial charge in [0.05, 0.1) is 13.0 Å². The van der Waals surface area contributed by atoms with E-state index in [1.807, 2.05) is 51.1 Å². The third-order valence-corrected chi connectivity index (χ3v) is 3.40. The van der Waals surface area contributed by atoms with Gasteiger partial charge in [0.25, 0.3) is 0 Å². The number of hydrogen-bond donors (Lipinski definition) is 1. The lowest BCUT2D eigenvalue weighted by molar-refractivity contribution is -0.122. The zero-order valence-corrected chi connectivity index (χ0v) is 12.4. The highest BCUT2D eigenvalue weighted by Crippen LogP contribution is 2.25. The highest BCUT2D eigenvalue weighted by molar-refractivity contribution is 5.88. The molecule has 1 unspecified atom stereocenters. The summed E-state index contributed by atoms with van der Waals surface area (Å²) in [6, 6.07) is 12.2. The number of nitrogens with one attached hydrogen (secondary N) is 1. The molecule has 2 aromatic carbocycles. The minimum atomic E-state index is -0.149. The summed E-state index contributed by atoms with van der Waals surface area (Å²) in [7, 11) is 1.66. The number of methoxy groups -OCH3 is 1. The van der Waals surface area contributed by atoms with Crippen molar-refractivity contribution in [2.75, 3.05) is 7.11 Å². The lowest BCUT2D eigenvalue weighted by Crippen LogP contribution is -2.33. The van der Waals surface area contributed by atoms with Crippen molar-refractivity contribution in [3.8, 4) is 5.75 Å². The smallest absolute Gasteiger partial charge is 0.227 e. The molecule has 0 aliphatic carbocycles. The van der Waals surface area contributed by atoms with E-state index in [-0.39, 0.29) is 17.9 Å². The molecule has 2 aromatic rings. The van der Waals surface area contributed by atoms with Crippen LogP contribution in [0.2, 0.25) is 0 Å². The van der Waals surface area contributed by atoms with Crippen LogP contribution in [0, 0.1) is 0 Å². The molecule has 0 radical (unpaired) electrons. The van der Waals surface area contributed by atoms with Crippen LogP contribution in [0.3, 0.4) is 0 Å². The van der Waals surface area contributed by atoms with Crippen molar-refractivity contribution in [2.45, 2.75) is 32.7 Å². The molecule has 0 spiro atoms. The van der Waals surface area contributed by atoms with Crippen molar-refractivity contribution in [3.05, 3.63) is 42.0 Å². The Kier molecular flexibility index (Phi) is 4.28. The molecule has 20 heavy (non-hydrogen) atoms. The molecule has 0 aromatic heterocycles. The van der Waals surface area contributed by atoms with Crippen molar-refractivity contribution in [1.82, 2.24) is 5.32 Å². The molecule has 0 aliphatic rings. The molecular formula is C17H21NO2. The number of amides is 1. The number of hydrogen-bond acceptors (Lipinski definition) is 2. The minimum absolute atomic E-state index is 0.0628. The van der Waals surface area contributed by atoms with Crippen LogP contribution in [0.15, 0.2) is 36.4 Å². The lowest BCUT2D eigenvalue weighted by atomic mass is 9.97. The van der Waals surface area contributed by atoms with Crippen LogP contribution >= 0.6 is 0 Å². The van der Waals surface area contributed by atoms with Crippen molar-refractivity contribution in [3.63, 3.8) is 0 Å². The maximum Gasteiger partial charge on any atom is 0.227 e. The van der Waals surface area contributed by atoms with Gasteiger partial charge in [-0.3, -0.25) is 4.79 Å². The summed E-state index contributed by atoms with van der Waals surface area (Å²) in [6.45, 7) is 5.87. The fraction of sp³-hybridized carbons (Fsp3) is 0.353. The summed E-state index contributed by atoms with van der Waals surface area (Å²) >= 11 is 0. The first-order valence-corrected chi connectivity index (χ1v) is 6.89. The first-order chi connectivity index (χ1) is 9.51. The molecule has 3 heteroatoms. The lowest BCUT2D eigenvalue weighted by Gasteiger charge is -2.15. The molecule has 1 amide bonds. The summed E-state index contributed by atoms with van der Waals surface area (Å²) in [5.74, 6) is 0.757. The number of rotatable bonds is 4. The van der Waals surface area contributed by atoms with Gasteiger partial charge in [-0.25, -0.2) is 0 Å². The fourth-order valence-electron chi connectivity index (χ4n) is 2.20. The second-order valence-corrected chi connectivity index (χ2v) is 5.36. The normalized spacial score (nSPS) is 12.4. The largest absolute Gasteiger partial charge is 0.497 e. The second-order valence-electron chi connectivity index (χ2n) is 5.36. The average Bonchev–Trinajstić information content (AvgIpc) is 2.44. The highest BCUT2D eigenvalue weighted by atomic mass is 16.5. The van der Waals surface area contributed by atoms with E-state index < -0.39 is 0 Å². The number of carbonyl (C=O) groups is 1. The van der Waals surface area contributed by atoms with Gasteiger partial charge in [0.15, 0.2) is 0 Å². The second kappa shape index (κ2) is 5.95. The SMILES string of the molecule is COc1ccc2cc(C(C)C(=O)NC(C)C)ccc2c1. The molecule has 0 aliphatic heterocycles. The highest BCUT2D eigenvalue weighted by Gasteiger charge is 2.16. The summed E-state index contributed by atoms with van der Waals surface area (Å²) < 4.78 is 5.22. The zero-order valence-electron chi connectivity index (χ0n) is 12.4. The van der Waals surface area contributed by atoms with E-state index in [4.69, 9.17) is 4.74 Å². The predicted octanol–water partition coefficient (Wildman–Crippen LogP) is 3.48. The Morgan fingerprint density at radius 3 is 2.35 bits per heavy atom. The van der Waals surface area contributed by atoms with Gasteiger partial charge in [-0.1, -0.05) is 24.3 Å². The van der Waals surface area contributed by atoms with Crippen LogP contribution in [0.25, 0.3) is 10.8 Å². The van der Waals surface area contributed by atoms with Crippen LogP contribution in [0.4, 0.5) is 0 Å². The van der Waals surface area contributed by atoms with E-state index in [0.29, 0.717) is 0 Å². The first kappa shape index (κ1) is 14.4. The van der Waals surface area contributed by atoms with Gasteiger partial charge in [-0.15, -0.1) is 0 Å². The average molecular weight is 271 g/mol. The standard InChI is InChI=1S/C17H21NO2/c1-11(2)18-17(19)12(3)13-5-6-15-10-16(20-4)8-7-14(15)9-13/h5-12H,1-4H3,(H,18,19). The molecule has 0 bridgehead atoms. The molecular weight excluding hydrogens is 250 g/mol. The van der Waals surface area contributed by atoms with Gasteiger partial charge in [-0.05, 0) is 49.2 Å². The third-order valence-electron chi connectivity index (χ3n) is 3.40. The van der Waals surface area contributed by atoms with E-state index in [0.717, 1.165) is 22.1 Å². The van der Waals surface area contributed by atoms with E-state index in [9.17, 15) is 4.79 Å². The topological polar surface area (TPSA) is 38.3 Å². The molecule has 0 saturated heterocycles. The van der Waals surface area contributed by atoms with Gasteiger partial charge >= 0.3 is 0 Å². The Labute approximate surface area is 119 Å². The van der Waals surface area contributed by atoms with Crippen molar-refractivity contribution in [1.29, 1.82) is 0 Å². The number of carbonyl (C=O) groups excluding carboxylic acids is 1. The maximum absolute atomic E-state index is 12.1. The number of benzene rings is 2. The zero-order chi connectivity index (χ0) is 14.7. The summed E-state index contributed by atoms with van der Waals surface area (Å²) in [5.41, 5.74) is 1.03. The van der Waals surface area contributed by atoms with E-state index in [2.05, 4.69) is 11.4 Å². The van der Waals surface area contributed by atoms with Crippen LogP contribution in [0.1, 0.15) is 32.3 Å². The Hall–Kier alpha value is -2.03. The van der Waals surface area contributed by atoms with Crippen LogP contribution in [-0.2, 0) is 4.79 Å². The minimum Gasteiger partial charge on any atom is -0.497 e. The molecule has 1 N–H and O–H groups in total. The fourth-order valence-corrected chi connectivity index (χ4v) is 2.20. The Balaban J connectivity index is 2.29. The summed E-state index contributed by atoms with van der Waals surface area (Å²) in [5, 5.41) is 5.18. The third kappa shape index (κ3) is 3.10. The summed E-state index contributed by atoms with van der Waals surface area (Å²) in [4.78, 5) is 12.1. The van der Waals surface area contributed by atoms with E-state index in [1.54, 1.807) is 7.11 Å². The van der Waals surface area contributed by atoms with Gasteiger partial charge < -0.3 is 10.1 Å². The van der Waals surface area contributed by atoms with Gasteiger partial charge in [-0.2, -0.15) is 0 Å². The molecule has 0 fully saturated rings. The first-order valence-electron chi connectivity index (χ1n) is 6.89. The number of ether oxygens (including phenoxy) is 1. The van der Waals surface area contributed by atoms with Crippen molar-refractivity contribution in [2.24, 2.45) is 0 Å². The monoisotopic (exact) mass is 271 g/mol. The predicted molar refractivity (Wildman–Crippen MR) is 82.2 cm³/mol. The van der Waals surface area contributed by atoms with Gasteiger partial charge in [0, 0.05) is 6.04 Å². The summed E-state index contributed by atoms with van der Waals surface area (Å²) in [6.07, 6.45) is 0. The molecule has 3 nitrogen and oxygen atoms in total. The van der Waals surface area contributed by atoms with E-state index in [1.165, 1.54) is 0 Å². The van der Waals surface area contributed by atoms with Crippen LogP contribution in [-0.4, -0.2) is 19.1 Å². The van der Waals surface area contributed by atoms with Crippen molar-refractivity contribution >= 4 is 16.7 Å². The van der Waals surface area contributed by atoms with Gasteiger partial charge in [0.2, 0.25) is 5.91 Å². The molecule has 0 heterocycles. The van der Waals surface area contributed by atoms with E-state index >= 15 is 0 Å². The Bertz CT molecular complexity index is 619. The molecule has 106 valence electrons. The molecule has 2 rings (SSSR count). The molecule has 0 saturated carbocycles. The Morgan fingerprint density at radius 1 is 1.05 bits per heavy atom. The number of fused-ring (bicyclic) bond motifs is 1. The van der Waals surface area contributed by atoms with Crippen molar-refractivity contribution < 1.29 is 9.53 Å². The van der Waals surface area contributed by atoms with Crippen LogP contribution in [0.5, 0.6) is 5.75 Å². The van der Waals surface area contributed by atoms with Gasteiger partial charge in [0.1, 0.15) is 5.75 Å².